The molecule has 5 nitrogen and oxygen atoms in total. The van der Waals surface area contributed by atoms with Crippen molar-refractivity contribution in [3.63, 3.8) is 0 Å². The van der Waals surface area contributed by atoms with E-state index in [1.807, 2.05) is 27.0 Å². The van der Waals surface area contributed by atoms with Gasteiger partial charge in [0.2, 0.25) is 0 Å². The van der Waals surface area contributed by atoms with Crippen LogP contribution in [-0.4, -0.2) is 32.6 Å². The minimum absolute atomic E-state index is 0.113. The van der Waals surface area contributed by atoms with Crippen molar-refractivity contribution in [2.75, 3.05) is 6.54 Å². The standard InChI is InChI=1S/C20H28N4O/c1-6-11-24(19(25)22-20(3,4)5)15-18-21-10-12-23(18)14-17-9-7-8-16(2)13-17/h6-10,12-13H,1,11,14-15H2,2-5H3,(H,22,25). The van der Waals surface area contributed by atoms with Gasteiger partial charge in [-0.05, 0) is 33.3 Å². The summed E-state index contributed by atoms with van der Waals surface area (Å²) in [6, 6.07) is 8.29. The van der Waals surface area contributed by atoms with E-state index in [0.717, 1.165) is 12.4 Å². The van der Waals surface area contributed by atoms with E-state index in [2.05, 4.69) is 52.6 Å². The first-order valence-corrected chi connectivity index (χ1v) is 8.52. The molecule has 2 amide bonds. The molecule has 0 radical (unpaired) electrons. The number of amides is 2. The summed E-state index contributed by atoms with van der Waals surface area (Å²) in [5.74, 6) is 0.854. The molecule has 0 atom stereocenters. The second-order valence-electron chi connectivity index (χ2n) is 7.31. The van der Waals surface area contributed by atoms with Gasteiger partial charge < -0.3 is 14.8 Å². The third-order valence-corrected chi connectivity index (χ3v) is 3.69. The van der Waals surface area contributed by atoms with Crippen LogP contribution < -0.4 is 5.32 Å². The number of urea groups is 1. The summed E-state index contributed by atoms with van der Waals surface area (Å²) in [7, 11) is 0. The van der Waals surface area contributed by atoms with Crippen LogP contribution in [0.25, 0.3) is 0 Å². The molecule has 0 spiro atoms. The summed E-state index contributed by atoms with van der Waals surface area (Å²) in [6.07, 6.45) is 5.46. The molecule has 5 heteroatoms. The predicted octanol–water partition coefficient (Wildman–Crippen LogP) is 3.74. The number of hydrogen-bond donors (Lipinski definition) is 1. The van der Waals surface area contributed by atoms with Gasteiger partial charge in [-0.25, -0.2) is 9.78 Å². The third-order valence-electron chi connectivity index (χ3n) is 3.69. The smallest absolute Gasteiger partial charge is 0.318 e. The minimum Gasteiger partial charge on any atom is -0.333 e. The number of carbonyl (C=O) groups is 1. The highest BCUT2D eigenvalue weighted by Crippen LogP contribution is 2.11. The number of imidazole rings is 1. The van der Waals surface area contributed by atoms with Crippen LogP contribution in [-0.2, 0) is 13.1 Å². The highest BCUT2D eigenvalue weighted by molar-refractivity contribution is 5.75. The molecule has 1 aromatic carbocycles. The third kappa shape index (κ3) is 5.78. The van der Waals surface area contributed by atoms with Gasteiger partial charge in [0.25, 0.3) is 0 Å². The second-order valence-corrected chi connectivity index (χ2v) is 7.31. The first kappa shape index (κ1) is 18.8. The SMILES string of the molecule is C=CCN(Cc1nccn1Cc1cccc(C)c1)C(=O)NC(C)(C)C. The topological polar surface area (TPSA) is 50.2 Å². The molecule has 0 bridgehead atoms. The van der Waals surface area contributed by atoms with Gasteiger partial charge in [-0.1, -0.05) is 35.9 Å². The van der Waals surface area contributed by atoms with Gasteiger partial charge in [-0.15, -0.1) is 6.58 Å². The molecule has 0 aliphatic carbocycles. The molecule has 2 aromatic rings. The van der Waals surface area contributed by atoms with Crippen molar-refractivity contribution in [1.29, 1.82) is 0 Å². The maximum atomic E-state index is 12.5. The maximum Gasteiger partial charge on any atom is 0.318 e. The van der Waals surface area contributed by atoms with Gasteiger partial charge in [0.15, 0.2) is 0 Å². The normalized spacial score (nSPS) is 11.2. The molecule has 0 saturated carbocycles. The lowest BCUT2D eigenvalue weighted by molar-refractivity contribution is 0.190. The number of rotatable bonds is 6. The Balaban J connectivity index is 2.13. The molecule has 0 unspecified atom stereocenters. The van der Waals surface area contributed by atoms with Crippen LogP contribution in [0.15, 0.2) is 49.3 Å². The van der Waals surface area contributed by atoms with Crippen LogP contribution in [0.5, 0.6) is 0 Å². The average molecular weight is 340 g/mol. The van der Waals surface area contributed by atoms with Crippen molar-refractivity contribution in [2.24, 2.45) is 0 Å². The number of benzene rings is 1. The van der Waals surface area contributed by atoms with E-state index in [4.69, 9.17) is 0 Å². The van der Waals surface area contributed by atoms with E-state index < -0.39 is 0 Å². The molecule has 0 fully saturated rings. The molecule has 1 heterocycles. The Kier molecular flexibility index (Phi) is 6.02. The molecule has 25 heavy (non-hydrogen) atoms. The van der Waals surface area contributed by atoms with E-state index in [9.17, 15) is 4.79 Å². The van der Waals surface area contributed by atoms with Gasteiger partial charge in [-0.3, -0.25) is 0 Å². The highest BCUT2D eigenvalue weighted by atomic mass is 16.2. The minimum atomic E-state index is -0.284. The molecule has 0 aliphatic heterocycles. The quantitative estimate of drug-likeness (QED) is 0.815. The summed E-state index contributed by atoms with van der Waals surface area (Å²) < 4.78 is 2.08. The molecule has 134 valence electrons. The lowest BCUT2D eigenvalue weighted by atomic mass is 10.1. The fraction of sp³-hybridized carbons (Fsp3) is 0.400. The zero-order valence-corrected chi connectivity index (χ0v) is 15.6. The van der Waals surface area contributed by atoms with E-state index in [0.29, 0.717) is 13.1 Å². The Morgan fingerprint density at radius 3 is 2.80 bits per heavy atom. The Morgan fingerprint density at radius 1 is 1.40 bits per heavy atom. The zero-order valence-electron chi connectivity index (χ0n) is 15.6. The van der Waals surface area contributed by atoms with Crippen molar-refractivity contribution >= 4 is 6.03 Å². The molecule has 2 rings (SSSR count). The fourth-order valence-corrected chi connectivity index (χ4v) is 2.59. The summed E-state index contributed by atoms with van der Waals surface area (Å²) in [4.78, 5) is 18.7. The lowest BCUT2D eigenvalue weighted by Crippen LogP contribution is -2.48. The Bertz CT molecular complexity index is 727. The summed E-state index contributed by atoms with van der Waals surface area (Å²) in [5, 5.41) is 3.00. The zero-order chi connectivity index (χ0) is 18.4. The summed E-state index contributed by atoms with van der Waals surface area (Å²) in [6.45, 7) is 13.4. The Hall–Kier alpha value is -2.56. The van der Waals surface area contributed by atoms with E-state index in [-0.39, 0.29) is 11.6 Å². The van der Waals surface area contributed by atoms with Crippen LogP contribution in [0.2, 0.25) is 0 Å². The molecular weight excluding hydrogens is 312 g/mol. The van der Waals surface area contributed by atoms with E-state index in [1.54, 1.807) is 17.2 Å². The van der Waals surface area contributed by atoms with E-state index in [1.165, 1.54) is 11.1 Å². The number of hydrogen-bond acceptors (Lipinski definition) is 2. The molecule has 1 N–H and O–H groups in total. The van der Waals surface area contributed by atoms with Crippen molar-refractivity contribution in [3.8, 4) is 0 Å². The molecule has 0 saturated heterocycles. The highest BCUT2D eigenvalue weighted by Gasteiger charge is 2.20. The number of aromatic nitrogens is 2. The second kappa shape index (κ2) is 8.01. The van der Waals surface area contributed by atoms with Crippen LogP contribution in [0.1, 0.15) is 37.7 Å². The van der Waals surface area contributed by atoms with Crippen molar-refractivity contribution in [2.45, 2.75) is 46.3 Å². The largest absolute Gasteiger partial charge is 0.333 e. The first-order valence-electron chi connectivity index (χ1n) is 8.52. The first-order chi connectivity index (χ1) is 11.8. The van der Waals surface area contributed by atoms with Gasteiger partial charge in [-0.2, -0.15) is 0 Å². The van der Waals surface area contributed by atoms with Crippen LogP contribution >= 0.6 is 0 Å². The van der Waals surface area contributed by atoms with E-state index >= 15 is 0 Å². The van der Waals surface area contributed by atoms with Gasteiger partial charge in [0.05, 0.1) is 6.54 Å². The monoisotopic (exact) mass is 340 g/mol. The maximum absolute atomic E-state index is 12.5. The van der Waals surface area contributed by atoms with Crippen molar-refractivity contribution < 1.29 is 4.79 Å². The number of nitrogens with zero attached hydrogens (tertiary/aromatic N) is 3. The molecular formula is C20H28N4O. The Labute approximate surface area is 150 Å². The van der Waals surface area contributed by atoms with Gasteiger partial charge in [0.1, 0.15) is 5.82 Å². The van der Waals surface area contributed by atoms with Gasteiger partial charge >= 0.3 is 6.03 Å². The number of nitrogens with one attached hydrogen (secondary N) is 1. The molecule has 0 aliphatic rings. The van der Waals surface area contributed by atoms with Crippen LogP contribution in [0, 0.1) is 6.92 Å². The van der Waals surface area contributed by atoms with Crippen LogP contribution in [0.4, 0.5) is 4.79 Å². The lowest BCUT2D eigenvalue weighted by Gasteiger charge is -2.27. The number of aryl methyl sites for hydroxylation is 1. The summed E-state index contributed by atoms with van der Waals surface area (Å²) in [5.41, 5.74) is 2.17. The molecule has 1 aromatic heterocycles. The number of carbonyl (C=O) groups excluding carboxylic acids is 1. The predicted molar refractivity (Wildman–Crippen MR) is 101 cm³/mol. The van der Waals surface area contributed by atoms with Gasteiger partial charge in [0, 0.05) is 31.0 Å². The van der Waals surface area contributed by atoms with Crippen molar-refractivity contribution in [1.82, 2.24) is 19.8 Å². The Morgan fingerprint density at radius 2 is 2.16 bits per heavy atom. The van der Waals surface area contributed by atoms with Crippen LogP contribution in [0.3, 0.4) is 0 Å². The average Bonchev–Trinajstić information content (AvgIpc) is 2.92. The summed E-state index contributed by atoms with van der Waals surface area (Å²) >= 11 is 0. The van der Waals surface area contributed by atoms with Crippen molar-refractivity contribution in [3.05, 3.63) is 66.3 Å². The fourth-order valence-electron chi connectivity index (χ4n) is 2.59.